The Morgan fingerprint density at radius 2 is 2.05 bits per heavy atom. The average molecular weight is 290 g/mol. The molecule has 0 aromatic carbocycles. The van der Waals surface area contributed by atoms with Crippen LogP contribution in [0, 0.1) is 0 Å². The number of aromatic nitrogens is 2. The average Bonchev–Trinajstić information content (AvgIpc) is 3.02. The van der Waals surface area contributed by atoms with Gasteiger partial charge < -0.3 is 14.9 Å². The summed E-state index contributed by atoms with van der Waals surface area (Å²) in [6.45, 7) is 2.34. The van der Waals surface area contributed by atoms with Gasteiger partial charge in [0.05, 0.1) is 10.6 Å². The van der Waals surface area contributed by atoms with E-state index in [0.717, 1.165) is 16.4 Å². The van der Waals surface area contributed by atoms with Gasteiger partial charge in [0.2, 0.25) is 0 Å². The molecule has 0 unspecified atom stereocenters. The van der Waals surface area contributed by atoms with Crippen LogP contribution in [-0.4, -0.2) is 52.2 Å². The normalized spacial score (nSPS) is 15.4. The van der Waals surface area contributed by atoms with Crippen LogP contribution >= 0.6 is 11.3 Å². The SMILES string of the molecule is O=C(O)N1CCN(c2cc(-c3cccs3)ncn2)CC1. The fourth-order valence-electron chi connectivity index (χ4n) is 2.21. The first-order chi connectivity index (χ1) is 9.74. The number of thiophene rings is 1. The lowest BCUT2D eigenvalue weighted by Crippen LogP contribution is -2.48. The summed E-state index contributed by atoms with van der Waals surface area (Å²) < 4.78 is 0. The van der Waals surface area contributed by atoms with Crippen molar-refractivity contribution in [1.82, 2.24) is 14.9 Å². The van der Waals surface area contributed by atoms with E-state index < -0.39 is 6.09 Å². The molecule has 1 aliphatic heterocycles. The Hall–Kier alpha value is -2.15. The minimum absolute atomic E-state index is 0.508. The summed E-state index contributed by atoms with van der Waals surface area (Å²) in [6, 6.07) is 5.98. The molecule has 0 spiro atoms. The van der Waals surface area contributed by atoms with Gasteiger partial charge in [-0.1, -0.05) is 6.07 Å². The van der Waals surface area contributed by atoms with Gasteiger partial charge in [-0.15, -0.1) is 11.3 Å². The largest absolute Gasteiger partial charge is 0.465 e. The lowest BCUT2D eigenvalue weighted by Gasteiger charge is -2.33. The van der Waals surface area contributed by atoms with Gasteiger partial charge in [-0.25, -0.2) is 14.8 Å². The highest BCUT2D eigenvalue weighted by Gasteiger charge is 2.21. The van der Waals surface area contributed by atoms with Gasteiger partial charge in [-0.05, 0) is 11.4 Å². The zero-order chi connectivity index (χ0) is 13.9. The highest BCUT2D eigenvalue weighted by Crippen LogP contribution is 2.25. The van der Waals surface area contributed by atoms with Crippen molar-refractivity contribution in [2.45, 2.75) is 0 Å². The first-order valence-corrected chi connectivity index (χ1v) is 7.21. The fourth-order valence-corrected chi connectivity index (χ4v) is 2.90. The van der Waals surface area contributed by atoms with Gasteiger partial charge in [0.15, 0.2) is 0 Å². The molecule has 2 aromatic heterocycles. The Balaban J connectivity index is 1.75. The molecular weight excluding hydrogens is 276 g/mol. The molecule has 0 bridgehead atoms. The van der Waals surface area contributed by atoms with Gasteiger partial charge >= 0.3 is 6.09 Å². The van der Waals surface area contributed by atoms with Crippen molar-refractivity contribution in [1.29, 1.82) is 0 Å². The highest BCUT2D eigenvalue weighted by molar-refractivity contribution is 7.13. The van der Waals surface area contributed by atoms with Crippen molar-refractivity contribution in [3.63, 3.8) is 0 Å². The van der Waals surface area contributed by atoms with Crippen molar-refractivity contribution >= 4 is 23.2 Å². The molecule has 1 fully saturated rings. The number of carbonyl (C=O) groups is 1. The minimum atomic E-state index is -0.855. The molecule has 0 aliphatic carbocycles. The van der Waals surface area contributed by atoms with Crippen molar-refractivity contribution < 1.29 is 9.90 Å². The lowest BCUT2D eigenvalue weighted by molar-refractivity contribution is 0.142. The molecule has 1 N–H and O–H groups in total. The number of rotatable bonds is 2. The van der Waals surface area contributed by atoms with Crippen LogP contribution in [0.15, 0.2) is 29.9 Å². The van der Waals surface area contributed by atoms with Crippen LogP contribution in [-0.2, 0) is 0 Å². The highest BCUT2D eigenvalue weighted by atomic mass is 32.1. The Labute approximate surface area is 120 Å². The molecule has 1 aliphatic rings. The monoisotopic (exact) mass is 290 g/mol. The number of amides is 1. The molecule has 3 rings (SSSR count). The van der Waals surface area contributed by atoms with Crippen LogP contribution in [0.1, 0.15) is 0 Å². The van der Waals surface area contributed by atoms with E-state index >= 15 is 0 Å². The van der Waals surface area contributed by atoms with E-state index in [1.807, 2.05) is 23.6 Å². The Morgan fingerprint density at radius 1 is 1.25 bits per heavy atom. The standard InChI is InChI=1S/C13H14N4O2S/c18-13(19)17-5-3-16(4-6-17)12-8-10(14-9-15-12)11-2-1-7-20-11/h1-2,7-9H,3-6H2,(H,18,19). The van der Waals surface area contributed by atoms with Gasteiger partial charge in [0.1, 0.15) is 12.1 Å². The van der Waals surface area contributed by atoms with E-state index in [0.29, 0.717) is 26.2 Å². The molecule has 1 saturated heterocycles. The number of piperazine rings is 1. The molecule has 7 heteroatoms. The van der Waals surface area contributed by atoms with Crippen LogP contribution in [0.4, 0.5) is 10.6 Å². The molecule has 2 aromatic rings. The molecule has 0 saturated carbocycles. The molecular formula is C13H14N4O2S. The first kappa shape index (κ1) is 12.9. The van der Waals surface area contributed by atoms with E-state index in [1.165, 1.54) is 4.90 Å². The summed E-state index contributed by atoms with van der Waals surface area (Å²) in [7, 11) is 0. The van der Waals surface area contributed by atoms with Crippen molar-refractivity contribution in [3.8, 4) is 10.6 Å². The molecule has 104 valence electrons. The van der Waals surface area contributed by atoms with Crippen molar-refractivity contribution in [2.75, 3.05) is 31.1 Å². The van der Waals surface area contributed by atoms with E-state index in [-0.39, 0.29) is 0 Å². The van der Waals surface area contributed by atoms with E-state index in [9.17, 15) is 4.79 Å². The zero-order valence-electron chi connectivity index (χ0n) is 10.8. The van der Waals surface area contributed by atoms with Crippen molar-refractivity contribution in [2.24, 2.45) is 0 Å². The molecule has 0 radical (unpaired) electrons. The van der Waals surface area contributed by atoms with Crippen molar-refractivity contribution in [3.05, 3.63) is 29.9 Å². The molecule has 20 heavy (non-hydrogen) atoms. The van der Waals surface area contributed by atoms with E-state index in [1.54, 1.807) is 17.7 Å². The summed E-state index contributed by atoms with van der Waals surface area (Å²) >= 11 is 1.64. The van der Waals surface area contributed by atoms with Crippen LogP contribution in [0.5, 0.6) is 0 Å². The van der Waals surface area contributed by atoms with Gasteiger partial charge in [-0.3, -0.25) is 0 Å². The van der Waals surface area contributed by atoms with Crippen LogP contribution in [0.2, 0.25) is 0 Å². The molecule has 0 atom stereocenters. The number of anilines is 1. The lowest BCUT2D eigenvalue weighted by atomic mass is 10.3. The van der Waals surface area contributed by atoms with Gasteiger partial charge in [0.25, 0.3) is 0 Å². The topological polar surface area (TPSA) is 69.6 Å². The maximum absolute atomic E-state index is 10.9. The third kappa shape index (κ3) is 2.57. The van der Waals surface area contributed by atoms with Gasteiger partial charge in [0, 0.05) is 32.2 Å². The smallest absolute Gasteiger partial charge is 0.407 e. The maximum Gasteiger partial charge on any atom is 0.407 e. The Morgan fingerprint density at radius 3 is 2.70 bits per heavy atom. The summed E-state index contributed by atoms with van der Waals surface area (Å²) in [6.07, 6.45) is 0.708. The Kier molecular flexibility index (Phi) is 3.51. The predicted molar refractivity (Wildman–Crippen MR) is 77.2 cm³/mol. The fraction of sp³-hybridized carbons (Fsp3) is 0.308. The predicted octanol–water partition coefficient (Wildman–Crippen LogP) is 2.01. The summed E-state index contributed by atoms with van der Waals surface area (Å²) in [5.74, 6) is 0.855. The minimum Gasteiger partial charge on any atom is -0.465 e. The summed E-state index contributed by atoms with van der Waals surface area (Å²) in [5, 5.41) is 11.0. The maximum atomic E-state index is 10.9. The molecule has 3 heterocycles. The second kappa shape index (κ2) is 5.46. The zero-order valence-corrected chi connectivity index (χ0v) is 11.6. The van der Waals surface area contributed by atoms with Crippen LogP contribution < -0.4 is 4.90 Å². The van der Waals surface area contributed by atoms with Crippen LogP contribution in [0.25, 0.3) is 10.6 Å². The summed E-state index contributed by atoms with van der Waals surface area (Å²) in [5.41, 5.74) is 0.908. The number of nitrogens with zero attached hydrogens (tertiary/aromatic N) is 4. The third-order valence-electron chi connectivity index (χ3n) is 3.30. The van der Waals surface area contributed by atoms with Gasteiger partial charge in [-0.2, -0.15) is 0 Å². The molecule has 1 amide bonds. The number of hydrogen-bond donors (Lipinski definition) is 1. The molecule has 6 nitrogen and oxygen atoms in total. The number of hydrogen-bond acceptors (Lipinski definition) is 5. The van der Waals surface area contributed by atoms with E-state index in [2.05, 4.69) is 14.9 Å². The summed E-state index contributed by atoms with van der Waals surface area (Å²) in [4.78, 5) is 24.1. The quantitative estimate of drug-likeness (QED) is 0.916. The second-order valence-corrected chi connectivity index (χ2v) is 5.44. The van der Waals surface area contributed by atoms with E-state index in [4.69, 9.17) is 5.11 Å². The Bertz CT molecular complexity index is 594. The second-order valence-electron chi connectivity index (χ2n) is 4.50. The third-order valence-corrected chi connectivity index (χ3v) is 4.19. The first-order valence-electron chi connectivity index (χ1n) is 6.33. The van der Waals surface area contributed by atoms with Crippen LogP contribution in [0.3, 0.4) is 0 Å². The number of carboxylic acid groups (broad SMARTS) is 1.